The van der Waals surface area contributed by atoms with E-state index < -0.39 is 0 Å². The second kappa shape index (κ2) is 5.39. The first-order valence-corrected chi connectivity index (χ1v) is 7.77. The Morgan fingerprint density at radius 3 is 2.26 bits per heavy atom. The Kier molecular flexibility index (Phi) is 3.23. The van der Waals surface area contributed by atoms with Gasteiger partial charge in [-0.25, -0.2) is 0 Å². The van der Waals surface area contributed by atoms with Crippen molar-refractivity contribution in [1.82, 2.24) is 0 Å². The van der Waals surface area contributed by atoms with Gasteiger partial charge in [0.05, 0.1) is 6.61 Å². The molecule has 0 atom stereocenters. The highest BCUT2D eigenvalue weighted by Crippen LogP contribution is 2.41. The predicted molar refractivity (Wildman–Crippen MR) is 93.2 cm³/mol. The largest absolute Gasteiger partial charge is 0.504 e. The molecule has 4 nitrogen and oxygen atoms in total. The van der Waals surface area contributed by atoms with E-state index in [1.807, 2.05) is 31.2 Å². The lowest BCUT2D eigenvalue weighted by atomic mass is 10.0. The summed E-state index contributed by atoms with van der Waals surface area (Å²) in [6.07, 6.45) is -0.212. The third-order valence-corrected chi connectivity index (χ3v) is 4.15. The first-order chi connectivity index (χ1) is 11.3. The summed E-state index contributed by atoms with van der Waals surface area (Å²) >= 11 is 0. The van der Waals surface area contributed by atoms with Gasteiger partial charge in [0.2, 0.25) is 0 Å². The molecule has 23 heavy (non-hydrogen) atoms. The van der Waals surface area contributed by atoms with Gasteiger partial charge in [0.25, 0.3) is 0 Å². The van der Waals surface area contributed by atoms with E-state index >= 15 is 0 Å². The summed E-state index contributed by atoms with van der Waals surface area (Å²) in [7, 11) is 0. The van der Waals surface area contributed by atoms with Gasteiger partial charge in [-0.3, -0.25) is 0 Å². The zero-order valence-electron chi connectivity index (χ0n) is 12.8. The second-order valence-electron chi connectivity index (χ2n) is 5.56. The molecule has 4 rings (SSSR count). The Morgan fingerprint density at radius 1 is 0.957 bits per heavy atom. The number of phenols is 1. The fourth-order valence-corrected chi connectivity index (χ4v) is 3.13. The number of hydrogen-bond acceptors (Lipinski definition) is 4. The number of hydrogen-bond donors (Lipinski definition) is 3. The Morgan fingerprint density at radius 2 is 1.61 bits per heavy atom. The van der Waals surface area contributed by atoms with Gasteiger partial charge >= 0.3 is 0 Å². The monoisotopic (exact) mass is 306 g/mol. The summed E-state index contributed by atoms with van der Waals surface area (Å²) in [5, 5.41) is 19.8. The highest BCUT2D eigenvalue weighted by atomic mass is 16.5. The topological polar surface area (TPSA) is 53.5 Å². The zero-order valence-corrected chi connectivity index (χ0v) is 12.8. The van der Waals surface area contributed by atoms with Crippen LogP contribution in [0.15, 0.2) is 54.6 Å². The Hall–Kier alpha value is -2.88. The van der Waals surface area contributed by atoms with E-state index in [1.165, 1.54) is 10.8 Å². The van der Waals surface area contributed by atoms with Crippen molar-refractivity contribution < 1.29 is 9.84 Å². The van der Waals surface area contributed by atoms with Gasteiger partial charge in [0.15, 0.2) is 11.5 Å². The molecule has 3 aromatic carbocycles. The average Bonchev–Trinajstić information content (AvgIpc) is 2.57. The van der Waals surface area contributed by atoms with Crippen LogP contribution in [-0.4, -0.2) is 11.7 Å². The number of rotatable bonds is 3. The molecule has 0 unspecified atom stereocenters. The van der Waals surface area contributed by atoms with Crippen LogP contribution in [0.1, 0.15) is 18.7 Å². The SMILES string of the molecule is CCOc1cccc(C2Nc3cccc4cccc(c34)N2)c1O. The highest BCUT2D eigenvalue weighted by molar-refractivity contribution is 6.04. The molecule has 116 valence electrons. The van der Waals surface area contributed by atoms with Gasteiger partial charge in [0, 0.05) is 22.3 Å². The minimum Gasteiger partial charge on any atom is -0.504 e. The molecule has 0 spiro atoms. The van der Waals surface area contributed by atoms with Gasteiger partial charge in [-0.05, 0) is 30.5 Å². The number of nitrogens with one attached hydrogen (secondary N) is 2. The second-order valence-corrected chi connectivity index (χ2v) is 5.56. The molecule has 0 saturated carbocycles. The predicted octanol–water partition coefficient (Wildman–Crippen LogP) is 4.48. The summed E-state index contributed by atoms with van der Waals surface area (Å²) in [6.45, 7) is 2.42. The van der Waals surface area contributed by atoms with Crippen LogP contribution < -0.4 is 15.4 Å². The standard InChI is InChI=1S/C19H18N2O2/c1-2-23-16-11-5-8-13(18(16)22)19-20-14-9-3-6-12-7-4-10-15(21-19)17(12)14/h3-11,19-22H,2H2,1H3. The van der Waals surface area contributed by atoms with Crippen LogP contribution in [-0.2, 0) is 0 Å². The van der Waals surface area contributed by atoms with Crippen LogP contribution in [0.25, 0.3) is 10.8 Å². The number of phenolic OH excluding ortho intramolecular Hbond substituents is 1. The van der Waals surface area contributed by atoms with Crippen LogP contribution in [0.5, 0.6) is 11.5 Å². The lowest BCUT2D eigenvalue weighted by Crippen LogP contribution is -2.23. The molecular formula is C19H18N2O2. The van der Waals surface area contributed by atoms with Crippen molar-refractivity contribution in [1.29, 1.82) is 0 Å². The van der Waals surface area contributed by atoms with Crippen molar-refractivity contribution >= 4 is 22.1 Å². The molecule has 0 fully saturated rings. The molecule has 4 heteroatoms. The van der Waals surface area contributed by atoms with E-state index in [0.29, 0.717) is 12.4 Å². The minimum absolute atomic E-state index is 0.172. The van der Waals surface area contributed by atoms with Crippen molar-refractivity contribution in [2.45, 2.75) is 13.1 Å². The van der Waals surface area contributed by atoms with Crippen molar-refractivity contribution in [2.24, 2.45) is 0 Å². The van der Waals surface area contributed by atoms with E-state index in [4.69, 9.17) is 4.74 Å². The number of aromatic hydroxyl groups is 1. The lowest BCUT2D eigenvalue weighted by Gasteiger charge is -2.30. The van der Waals surface area contributed by atoms with Gasteiger partial charge in [0.1, 0.15) is 6.17 Å². The van der Waals surface area contributed by atoms with Crippen molar-refractivity contribution in [2.75, 3.05) is 17.2 Å². The quantitative estimate of drug-likeness (QED) is 0.668. The number of benzene rings is 3. The van der Waals surface area contributed by atoms with Gasteiger partial charge < -0.3 is 20.5 Å². The number of para-hydroxylation sites is 1. The van der Waals surface area contributed by atoms with Crippen molar-refractivity contribution in [3.05, 3.63) is 60.2 Å². The Labute approximate surface area is 134 Å². The molecule has 0 aromatic heterocycles. The summed E-state index contributed by atoms with van der Waals surface area (Å²) in [5.74, 6) is 0.677. The first kappa shape index (κ1) is 13.8. The zero-order chi connectivity index (χ0) is 15.8. The molecule has 3 aromatic rings. The van der Waals surface area contributed by atoms with Crippen LogP contribution >= 0.6 is 0 Å². The number of ether oxygens (including phenoxy) is 1. The van der Waals surface area contributed by atoms with E-state index in [9.17, 15) is 5.11 Å². The van der Waals surface area contributed by atoms with E-state index in [2.05, 4.69) is 34.9 Å². The summed E-state index contributed by atoms with van der Waals surface area (Å²) in [6, 6.07) is 18.0. The highest BCUT2D eigenvalue weighted by Gasteiger charge is 2.23. The minimum atomic E-state index is -0.212. The molecule has 1 aliphatic rings. The summed E-state index contributed by atoms with van der Waals surface area (Å²) in [5.41, 5.74) is 2.88. The number of anilines is 2. The van der Waals surface area contributed by atoms with Gasteiger partial charge in [-0.1, -0.05) is 36.4 Å². The lowest BCUT2D eigenvalue weighted by molar-refractivity contribution is 0.316. The molecule has 3 N–H and O–H groups in total. The van der Waals surface area contributed by atoms with E-state index in [1.54, 1.807) is 6.07 Å². The van der Waals surface area contributed by atoms with Gasteiger partial charge in [-0.15, -0.1) is 0 Å². The van der Waals surface area contributed by atoms with Crippen LogP contribution in [0.4, 0.5) is 11.4 Å². The molecule has 0 bridgehead atoms. The Balaban J connectivity index is 1.78. The van der Waals surface area contributed by atoms with Gasteiger partial charge in [-0.2, -0.15) is 0 Å². The molecule has 1 aliphatic heterocycles. The van der Waals surface area contributed by atoms with Crippen LogP contribution in [0, 0.1) is 0 Å². The van der Waals surface area contributed by atoms with Crippen molar-refractivity contribution in [3.8, 4) is 11.5 Å². The summed E-state index contributed by atoms with van der Waals surface area (Å²) < 4.78 is 5.49. The maximum absolute atomic E-state index is 10.5. The van der Waals surface area contributed by atoms with E-state index in [0.717, 1.165) is 16.9 Å². The molecule has 0 saturated heterocycles. The fourth-order valence-electron chi connectivity index (χ4n) is 3.13. The molecule has 1 heterocycles. The molecule has 0 radical (unpaired) electrons. The Bertz CT molecular complexity index is 836. The first-order valence-electron chi connectivity index (χ1n) is 7.77. The van der Waals surface area contributed by atoms with E-state index in [-0.39, 0.29) is 11.9 Å². The fraction of sp³-hybridized carbons (Fsp3) is 0.158. The molecule has 0 amide bonds. The summed E-state index contributed by atoms with van der Waals surface area (Å²) in [4.78, 5) is 0. The molecule has 0 aliphatic carbocycles. The average molecular weight is 306 g/mol. The third-order valence-electron chi connectivity index (χ3n) is 4.15. The van der Waals surface area contributed by atoms with Crippen LogP contribution in [0.2, 0.25) is 0 Å². The normalized spacial score (nSPS) is 13.4. The van der Waals surface area contributed by atoms with Crippen LogP contribution in [0.3, 0.4) is 0 Å². The smallest absolute Gasteiger partial charge is 0.164 e. The third kappa shape index (κ3) is 2.23. The van der Waals surface area contributed by atoms with Crippen molar-refractivity contribution in [3.63, 3.8) is 0 Å². The maximum Gasteiger partial charge on any atom is 0.164 e. The molecular weight excluding hydrogens is 288 g/mol. The maximum atomic E-state index is 10.5.